The Morgan fingerprint density at radius 1 is 1.35 bits per heavy atom. The number of amides is 2. The summed E-state index contributed by atoms with van der Waals surface area (Å²) in [5.41, 5.74) is 6.09. The van der Waals surface area contributed by atoms with Crippen LogP contribution in [-0.2, 0) is 14.3 Å². The predicted octanol–water partition coefficient (Wildman–Crippen LogP) is 0.479. The van der Waals surface area contributed by atoms with Crippen molar-refractivity contribution in [3.63, 3.8) is 0 Å². The van der Waals surface area contributed by atoms with E-state index in [2.05, 4.69) is 5.32 Å². The average Bonchev–Trinajstić information content (AvgIpc) is 2.40. The van der Waals surface area contributed by atoms with Crippen molar-refractivity contribution >= 4 is 29.9 Å². The molecule has 112 valence electrons. The first-order valence-electron chi connectivity index (χ1n) is 5.91. The van der Waals surface area contributed by atoms with Crippen molar-refractivity contribution in [2.45, 2.75) is 6.10 Å². The van der Waals surface area contributed by atoms with Crippen LogP contribution in [-0.4, -0.2) is 50.1 Å². The van der Waals surface area contributed by atoms with Gasteiger partial charge in [-0.3, -0.25) is 9.59 Å². The molecule has 7 heteroatoms. The predicted molar refractivity (Wildman–Crippen MR) is 79.8 cm³/mol. The van der Waals surface area contributed by atoms with Crippen LogP contribution in [0.2, 0.25) is 0 Å². The van der Waals surface area contributed by atoms with Crippen LogP contribution in [0.3, 0.4) is 0 Å². The van der Waals surface area contributed by atoms with E-state index in [0.717, 1.165) is 0 Å². The molecule has 1 aromatic rings. The number of para-hydroxylation sites is 1. The van der Waals surface area contributed by atoms with Crippen LogP contribution < -0.4 is 11.1 Å². The molecule has 3 N–H and O–H groups in total. The van der Waals surface area contributed by atoms with Gasteiger partial charge in [-0.25, -0.2) is 0 Å². The van der Waals surface area contributed by atoms with Crippen molar-refractivity contribution in [3.8, 4) is 0 Å². The summed E-state index contributed by atoms with van der Waals surface area (Å²) < 4.78 is 4.93. The zero-order chi connectivity index (χ0) is 14.3. The minimum Gasteiger partial charge on any atom is -0.370 e. The van der Waals surface area contributed by atoms with E-state index >= 15 is 0 Å². The van der Waals surface area contributed by atoms with Crippen molar-refractivity contribution in [3.05, 3.63) is 30.3 Å². The highest BCUT2D eigenvalue weighted by atomic mass is 35.5. The van der Waals surface area contributed by atoms with Gasteiger partial charge >= 0.3 is 0 Å². The lowest BCUT2D eigenvalue weighted by molar-refractivity contribution is -0.142. The van der Waals surface area contributed by atoms with E-state index in [1.807, 2.05) is 18.2 Å². The molecule has 0 aromatic heterocycles. The molecule has 1 atom stereocenters. The number of methoxy groups -OCH3 is 1. The summed E-state index contributed by atoms with van der Waals surface area (Å²) in [7, 11) is 2.95. The summed E-state index contributed by atoms with van der Waals surface area (Å²) >= 11 is 0. The Balaban J connectivity index is 0.00000361. The summed E-state index contributed by atoms with van der Waals surface area (Å²) in [6, 6.07) is 9.05. The first-order valence-corrected chi connectivity index (χ1v) is 5.91. The highest BCUT2D eigenvalue weighted by Crippen LogP contribution is 2.05. The van der Waals surface area contributed by atoms with Gasteiger partial charge in [-0.2, -0.15) is 0 Å². The van der Waals surface area contributed by atoms with E-state index in [-0.39, 0.29) is 37.3 Å². The monoisotopic (exact) mass is 301 g/mol. The van der Waals surface area contributed by atoms with Gasteiger partial charge in [-0.05, 0) is 12.1 Å². The zero-order valence-electron chi connectivity index (χ0n) is 11.5. The van der Waals surface area contributed by atoms with Gasteiger partial charge in [0.2, 0.25) is 5.91 Å². The van der Waals surface area contributed by atoms with Gasteiger partial charge in [0.1, 0.15) is 6.10 Å². The van der Waals surface area contributed by atoms with E-state index in [0.29, 0.717) is 5.69 Å². The van der Waals surface area contributed by atoms with E-state index in [9.17, 15) is 9.59 Å². The van der Waals surface area contributed by atoms with Crippen molar-refractivity contribution < 1.29 is 14.3 Å². The number of hydrogen-bond donors (Lipinski definition) is 2. The zero-order valence-corrected chi connectivity index (χ0v) is 12.4. The third-order valence-corrected chi connectivity index (χ3v) is 2.59. The van der Waals surface area contributed by atoms with E-state index < -0.39 is 6.10 Å². The molecule has 1 unspecified atom stereocenters. The molecule has 0 heterocycles. The van der Waals surface area contributed by atoms with Crippen LogP contribution in [0, 0.1) is 0 Å². The summed E-state index contributed by atoms with van der Waals surface area (Å²) in [4.78, 5) is 24.9. The summed E-state index contributed by atoms with van der Waals surface area (Å²) in [6.45, 7) is 0.0353. The third kappa shape index (κ3) is 5.56. The number of halogens is 1. The number of likely N-dealkylation sites (N-methyl/N-ethyl adjacent to an activating group) is 1. The fourth-order valence-corrected chi connectivity index (χ4v) is 1.56. The van der Waals surface area contributed by atoms with Crippen molar-refractivity contribution in [2.24, 2.45) is 5.73 Å². The van der Waals surface area contributed by atoms with E-state index in [4.69, 9.17) is 10.5 Å². The summed E-state index contributed by atoms with van der Waals surface area (Å²) in [6.07, 6.45) is -0.713. The molecule has 1 aromatic carbocycles. The van der Waals surface area contributed by atoms with Gasteiger partial charge in [0, 0.05) is 26.4 Å². The maximum Gasteiger partial charge on any atom is 0.253 e. The Bertz CT molecular complexity index is 424. The average molecular weight is 302 g/mol. The largest absolute Gasteiger partial charge is 0.370 e. The number of benzene rings is 1. The Morgan fingerprint density at radius 3 is 2.45 bits per heavy atom. The Kier molecular flexibility index (Phi) is 8.54. The second-order valence-electron chi connectivity index (χ2n) is 4.07. The maximum atomic E-state index is 11.8. The maximum absolute atomic E-state index is 11.8. The molecule has 0 aliphatic carbocycles. The van der Waals surface area contributed by atoms with Crippen LogP contribution >= 0.6 is 12.4 Å². The molecule has 0 fully saturated rings. The first kappa shape index (κ1) is 18.4. The van der Waals surface area contributed by atoms with Gasteiger partial charge in [-0.1, -0.05) is 18.2 Å². The molecule has 6 nitrogen and oxygen atoms in total. The lowest BCUT2D eigenvalue weighted by Gasteiger charge is -2.21. The molecule has 0 aliphatic rings. The van der Waals surface area contributed by atoms with Crippen LogP contribution in [0.15, 0.2) is 30.3 Å². The molecule has 0 aliphatic heterocycles. The molecule has 0 spiro atoms. The number of nitrogens with two attached hydrogens (primary N) is 1. The number of rotatable bonds is 6. The van der Waals surface area contributed by atoms with Gasteiger partial charge in [0.25, 0.3) is 5.91 Å². The Morgan fingerprint density at radius 2 is 1.95 bits per heavy atom. The first-order chi connectivity index (χ1) is 9.08. The van der Waals surface area contributed by atoms with E-state index in [1.165, 1.54) is 19.1 Å². The molecule has 2 amide bonds. The van der Waals surface area contributed by atoms with Crippen LogP contribution in [0.4, 0.5) is 5.69 Å². The fourth-order valence-electron chi connectivity index (χ4n) is 1.56. The molecule has 0 radical (unpaired) electrons. The topological polar surface area (TPSA) is 84.7 Å². The second kappa shape index (κ2) is 9.30. The molecular formula is C13H20ClN3O3. The number of ether oxygens (including phenoxy) is 1. The van der Waals surface area contributed by atoms with Crippen LogP contribution in [0.5, 0.6) is 0 Å². The minimum absolute atomic E-state index is 0. The van der Waals surface area contributed by atoms with Crippen molar-refractivity contribution in [1.82, 2.24) is 4.90 Å². The fraction of sp³-hybridized carbons (Fsp3) is 0.385. The number of nitrogens with one attached hydrogen (secondary N) is 1. The van der Waals surface area contributed by atoms with Crippen molar-refractivity contribution in [1.29, 1.82) is 0 Å². The third-order valence-electron chi connectivity index (χ3n) is 2.59. The highest BCUT2D eigenvalue weighted by molar-refractivity contribution is 5.95. The van der Waals surface area contributed by atoms with Gasteiger partial charge in [-0.15, -0.1) is 12.4 Å². The minimum atomic E-state index is -0.713. The molecular weight excluding hydrogens is 282 g/mol. The van der Waals surface area contributed by atoms with Crippen LogP contribution in [0.25, 0.3) is 0 Å². The second-order valence-corrected chi connectivity index (χ2v) is 4.07. The summed E-state index contributed by atoms with van der Waals surface area (Å²) in [5, 5.41) is 2.70. The molecule has 20 heavy (non-hydrogen) atoms. The number of carbonyl (C=O) groups excluding carboxylic acids is 2. The number of nitrogens with zero attached hydrogens (tertiary/aromatic N) is 1. The quantitative estimate of drug-likeness (QED) is 0.800. The van der Waals surface area contributed by atoms with Crippen LogP contribution in [0.1, 0.15) is 0 Å². The van der Waals surface area contributed by atoms with E-state index in [1.54, 1.807) is 12.1 Å². The lowest BCUT2D eigenvalue weighted by atomic mass is 10.3. The number of anilines is 1. The van der Waals surface area contributed by atoms with Gasteiger partial charge < -0.3 is 20.7 Å². The Hall–Kier alpha value is -1.63. The van der Waals surface area contributed by atoms with Crippen molar-refractivity contribution in [2.75, 3.05) is 32.6 Å². The molecule has 1 rings (SSSR count). The standard InChI is InChI=1S/C13H19N3O3.ClH/c1-16(13(18)11(8-14)19-2)9-12(17)15-10-6-4-3-5-7-10;/h3-7,11H,8-9,14H2,1-2H3,(H,15,17);1H. The molecule has 0 bridgehead atoms. The Labute approximate surface area is 124 Å². The highest BCUT2D eigenvalue weighted by Gasteiger charge is 2.21. The number of hydrogen-bond acceptors (Lipinski definition) is 4. The summed E-state index contributed by atoms with van der Waals surface area (Å²) in [5.74, 6) is -0.581. The number of carbonyl (C=O) groups is 2. The van der Waals surface area contributed by atoms with Gasteiger partial charge in [0.05, 0.1) is 6.54 Å². The normalized spacial score (nSPS) is 11.2. The molecule has 0 saturated heterocycles. The lowest BCUT2D eigenvalue weighted by Crippen LogP contribution is -2.44. The SMILES string of the molecule is COC(CN)C(=O)N(C)CC(=O)Nc1ccccc1.Cl. The molecule has 0 saturated carbocycles. The smallest absolute Gasteiger partial charge is 0.253 e. The van der Waals surface area contributed by atoms with Gasteiger partial charge in [0.15, 0.2) is 0 Å².